The molecule has 0 aliphatic carbocycles. The van der Waals surface area contributed by atoms with Crippen molar-refractivity contribution < 1.29 is 28.5 Å². The molecule has 29 heavy (non-hydrogen) atoms. The minimum Gasteiger partial charge on any atom is -0.493 e. The molecular formula is C20H20N2O6S. The summed E-state index contributed by atoms with van der Waals surface area (Å²) in [4.78, 5) is 17.7. The summed E-state index contributed by atoms with van der Waals surface area (Å²) in [6.45, 7) is 1.17. The molecule has 2 aromatic carbocycles. The van der Waals surface area contributed by atoms with Crippen LogP contribution in [-0.2, 0) is 11.3 Å². The van der Waals surface area contributed by atoms with Crippen LogP contribution in [0.15, 0.2) is 35.3 Å². The third-order valence-electron chi connectivity index (χ3n) is 4.52. The van der Waals surface area contributed by atoms with Gasteiger partial charge in [0.05, 0.1) is 31.0 Å². The van der Waals surface area contributed by atoms with Gasteiger partial charge in [0, 0.05) is 31.4 Å². The highest BCUT2D eigenvalue weighted by Crippen LogP contribution is 2.34. The normalized spacial score (nSPS) is 13.1. The van der Waals surface area contributed by atoms with Crippen LogP contribution < -0.4 is 23.7 Å². The van der Waals surface area contributed by atoms with Gasteiger partial charge < -0.3 is 28.3 Å². The fourth-order valence-corrected chi connectivity index (χ4v) is 4.13. The highest BCUT2D eigenvalue weighted by Gasteiger charge is 2.17. The van der Waals surface area contributed by atoms with Crippen molar-refractivity contribution in [3.05, 3.63) is 40.7 Å². The maximum atomic E-state index is 12.8. The Morgan fingerprint density at radius 2 is 1.86 bits per heavy atom. The minimum absolute atomic E-state index is 0.154. The summed E-state index contributed by atoms with van der Waals surface area (Å²) in [6, 6.07) is 8.80. The molecule has 152 valence electrons. The van der Waals surface area contributed by atoms with Crippen LogP contribution >= 0.6 is 11.3 Å². The number of ether oxygens (including phenoxy) is 5. The molecule has 1 aromatic heterocycles. The minimum atomic E-state index is -0.361. The van der Waals surface area contributed by atoms with E-state index in [0.29, 0.717) is 46.5 Å². The third-order valence-corrected chi connectivity index (χ3v) is 5.56. The number of hydrogen-bond donors (Lipinski definition) is 0. The average Bonchev–Trinajstić information content (AvgIpc) is 3.34. The summed E-state index contributed by atoms with van der Waals surface area (Å²) in [5, 5.41) is 0. The Balaban J connectivity index is 1.81. The molecule has 0 fully saturated rings. The van der Waals surface area contributed by atoms with Crippen LogP contribution in [0.4, 0.5) is 0 Å². The predicted molar refractivity (Wildman–Crippen MR) is 107 cm³/mol. The first-order valence-electron chi connectivity index (χ1n) is 8.87. The van der Waals surface area contributed by atoms with Crippen LogP contribution in [-0.4, -0.2) is 45.2 Å². The number of methoxy groups -OCH3 is 3. The highest BCUT2D eigenvalue weighted by atomic mass is 32.1. The zero-order valence-electron chi connectivity index (χ0n) is 16.3. The van der Waals surface area contributed by atoms with Gasteiger partial charge in [-0.05, 0) is 18.2 Å². The number of fused-ring (bicyclic) bond motifs is 2. The number of aromatic nitrogens is 1. The lowest BCUT2D eigenvalue weighted by atomic mass is 10.2. The maximum Gasteiger partial charge on any atom is 0.279 e. The number of nitrogens with zero attached hydrogens (tertiary/aromatic N) is 2. The molecule has 0 bridgehead atoms. The molecule has 8 nitrogen and oxygen atoms in total. The lowest BCUT2D eigenvalue weighted by Crippen LogP contribution is -2.19. The predicted octanol–water partition coefficient (Wildman–Crippen LogP) is 2.84. The standard InChI is InChI=1S/C20H20N2O6S/c1-24-7-6-22-13-9-15(25-2)16(26-3)10-18(13)29-20(22)21-19(23)12-4-5-14-17(8-12)28-11-27-14/h4-5,8-10H,6-7,11H2,1-3H3. The zero-order chi connectivity index (χ0) is 20.4. The topological polar surface area (TPSA) is 80.5 Å². The van der Waals surface area contributed by atoms with E-state index in [1.807, 2.05) is 16.7 Å². The van der Waals surface area contributed by atoms with Crippen molar-refractivity contribution in [3.63, 3.8) is 0 Å². The van der Waals surface area contributed by atoms with Gasteiger partial charge in [-0.2, -0.15) is 4.99 Å². The first-order valence-corrected chi connectivity index (χ1v) is 9.69. The fraction of sp³-hybridized carbons (Fsp3) is 0.300. The Labute approximate surface area is 170 Å². The molecule has 0 atom stereocenters. The Hall–Kier alpha value is -3.04. The van der Waals surface area contributed by atoms with Crippen molar-refractivity contribution in [2.45, 2.75) is 6.54 Å². The van der Waals surface area contributed by atoms with E-state index < -0.39 is 0 Å². The largest absolute Gasteiger partial charge is 0.493 e. The smallest absolute Gasteiger partial charge is 0.279 e. The summed E-state index contributed by atoms with van der Waals surface area (Å²) < 4.78 is 29.6. The molecule has 0 saturated carbocycles. The summed E-state index contributed by atoms with van der Waals surface area (Å²) in [5.74, 6) is 2.04. The van der Waals surface area contributed by atoms with E-state index in [4.69, 9.17) is 23.7 Å². The van der Waals surface area contributed by atoms with Gasteiger partial charge in [-0.1, -0.05) is 11.3 Å². The molecule has 2 heterocycles. The fourth-order valence-electron chi connectivity index (χ4n) is 3.06. The summed E-state index contributed by atoms with van der Waals surface area (Å²) in [5.41, 5.74) is 1.32. The van der Waals surface area contributed by atoms with Gasteiger partial charge in [-0.3, -0.25) is 4.79 Å². The van der Waals surface area contributed by atoms with Crippen LogP contribution in [0.25, 0.3) is 10.2 Å². The van der Waals surface area contributed by atoms with E-state index in [-0.39, 0.29) is 12.7 Å². The molecule has 3 aromatic rings. The number of carbonyl (C=O) groups excluding carboxylic acids is 1. The van der Waals surface area contributed by atoms with Crippen LogP contribution in [0.2, 0.25) is 0 Å². The third kappa shape index (κ3) is 3.66. The van der Waals surface area contributed by atoms with E-state index in [9.17, 15) is 4.79 Å². The average molecular weight is 416 g/mol. The molecule has 0 radical (unpaired) electrons. The molecular weight excluding hydrogens is 396 g/mol. The summed E-state index contributed by atoms with van der Waals surface area (Å²) >= 11 is 1.40. The van der Waals surface area contributed by atoms with E-state index in [0.717, 1.165) is 10.2 Å². The summed E-state index contributed by atoms with van der Waals surface area (Å²) in [6.07, 6.45) is 0. The Morgan fingerprint density at radius 1 is 1.10 bits per heavy atom. The van der Waals surface area contributed by atoms with Crippen molar-refractivity contribution in [2.24, 2.45) is 4.99 Å². The van der Waals surface area contributed by atoms with Gasteiger partial charge in [-0.25, -0.2) is 0 Å². The SMILES string of the molecule is COCCn1c(=NC(=O)c2ccc3c(c2)OCO3)sc2cc(OC)c(OC)cc21. The Kier molecular flexibility index (Phi) is 5.41. The second kappa shape index (κ2) is 8.14. The number of hydrogen-bond acceptors (Lipinski definition) is 7. The Bertz CT molecular complexity index is 1130. The lowest BCUT2D eigenvalue weighted by Gasteiger charge is -2.09. The number of benzene rings is 2. The second-order valence-electron chi connectivity index (χ2n) is 6.19. The van der Waals surface area contributed by atoms with Crippen molar-refractivity contribution in [1.82, 2.24) is 4.57 Å². The zero-order valence-corrected chi connectivity index (χ0v) is 17.1. The van der Waals surface area contributed by atoms with Crippen molar-refractivity contribution in [2.75, 3.05) is 34.7 Å². The van der Waals surface area contributed by atoms with E-state index in [1.165, 1.54) is 11.3 Å². The monoisotopic (exact) mass is 416 g/mol. The van der Waals surface area contributed by atoms with Gasteiger partial charge >= 0.3 is 0 Å². The van der Waals surface area contributed by atoms with Crippen LogP contribution in [0.3, 0.4) is 0 Å². The molecule has 0 unspecified atom stereocenters. The number of carbonyl (C=O) groups is 1. The molecule has 1 amide bonds. The molecule has 4 rings (SSSR count). The first-order chi connectivity index (χ1) is 14.1. The van der Waals surface area contributed by atoms with Crippen molar-refractivity contribution in [3.8, 4) is 23.0 Å². The highest BCUT2D eigenvalue weighted by molar-refractivity contribution is 7.16. The van der Waals surface area contributed by atoms with Gasteiger partial charge in [0.25, 0.3) is 5.91 Å². The van der Waals surface area contributed by atoms with Gasteiger partial charge in [0.2, 0.25) is 6.79 Å². The first kappa shape index (κ1) is 19.3. The molecule has 0 spiro atoms. The molecule has 0 saturated heterocycles. The van der Waals surface area contributed by atoms with Crippen molar-refractivity contribution >= 4 is 27.5 Å². The molecule has 1 aliphatic heterocycles. The molecule has 9 heteroatoms. The van der Waals surface area contributed by atoms with Crippen LogP contribution in [0.1, 0.15) is 10.4 Å². The molecule has 1 aliphatic rings. The number of thiazole rings is 1. The van der Waals surface area contributed by atoms with E-state index >= 15 is 0 Å². The lowest BCUT2D eigenvalue weighted by molar-refractivity contribution is 0.0997. The quantitative estimate of drug-likeness (QED) is 0.615. The second-order valence-corrected chi connectivity index (χ2v) is 7.20. The van der Waals surface area contributed by atoms with Gasteiger partial charge in [-0.15, -0.1) is 0 Å². The van der Waals surface area contributed by atoms with Crippen LogP contribution in [0, 0.1) is 0 Å². The van der Waals surface area contributed by atoms with Gasteiger partial charge in [0.15, 0.2) is 27.8 Å². The van der Waals surface area contributed by atoms with E-state index in [2.05, 4.69) is 4.99 Å². The number of rotatable bonds is 6. The maximum absolute atomic E-state index is 12.8. The van der Waals surface area contributed by atoms with Gasteiger partial charge in [0.1, 0.15) is 0 Å². The van der Waals surface area contributed by atoms with Crippen molar-refractivity contribution in [1.29, 1.82) is 0 Å². The van der Waals surface area contributed by atoms with Crippen LogP contribution in [0.5, 0.6) is 23.0 Å². The molecule has 0 N–H and O–H groups in total. The van der Waals surface area contributed by atoms with E-state index in [1.54, 1.807) is 39.5 Å². The Morgan fingerprint density at radius 3 is 2.62 bits per heavy atom. The summed E-state index contributed by atoms with van der Waals surface area (Å²) in [7, 11) is 4.81. The number of amides is 1.